The molecule has 0 spiro atoms. The monoisotopic (exact) mass is 842 g/mol. The molecule has 0 saturated carbocycles. The van der Waals surface area contributed by atoms with E-state index in [1.165, 1.54) is 74.8 Å². The molecule has 10 aromatic carbocycles. The fourth-order valence-corrected chi connectivity index (χ4v) is 11.7. The molecule has 0 fully saturated rings. The molecule has 4 heteroatoms. The summed E-state index contributed by atoms with van der Waals surface area (Å²) in [6.45, 7) is 7.23. The van der Waals surface area contributed by atoms with Crippen molar-refractivity contribution in [2.45, 2.75) is 19.6 Å². The summed E-state index contributed by atoms with van der Waals surface area (Å²) in [4.78, 5) is 4.76. The standard InChI is InChI=1S/C59H46N2SSi/c1-63(2,3)49-35-32-46(33-36-49)60(44-19-9-5-10-20-44)48-34-38-54-57(40-48)62-59-53-37-29-43(39-55(53)51-24-13-14-25-52(51)58(54)59)41-27-30-47(31-28-41)61(45-21-11-6-12-22-45)56-26-16-15-23-50(56)42-17-7-4-8-18-42/h4-40H,1-3H3. The van der Waals surface area contributed by atoms with Gasteiger partial charge in [0.1, 0.15) is 0 Å². The van der Waals surface area contributed by atoms with Crippen molar-refractivity contribution in [2.75, 3.05) is 9.80 Å². The van der Waals surface area contributed by atoms with Crippen molar-refractivity contribution in [3.05, 3.63) is 224 Å². The molecule has 0 unspecified atom stereocenters. The number of benzene rings is 10. The Labute approximate surface area is 374 Å². The summed E-state index contributed by atoms with van der Waals surface area (Å²) in [5, 5.41) is 9.25. The summed E-state index contributed by atoms with van der Waals surface area (Å²) in [7, 11) is -1.43. The number of hydrogen-bond acceptors (Lipinski definition) is 3. The Kier molecular flexibility index (Phi) is 9.76. The van der Waals surface area contributed by atoms with Gasteiger partial charge in [0.2, 0.25) is 0 Å². The van der Waals surface area contributed by atoms with Crippen LogP contribution in [0.15, 0.2) is 224 Å². The van der Waals surface area contributed by atoms with Crippen molar-refractivity contribution >= 4 is 100 Å². The molecule has 0 aliphatic heterocycles. The average molecular weight is 843 g/mol. The smallest absolute Gasteiger partial charge is 0.0775 e. The Bertz CT molecular complexity index is 3410. The van der Waals surface area contributed by atoms with Gasteiger partial charge in [-0.1, -0.05) is 176 Å². The Balaban J connectivity index is 1.01. The first-order valence-electron chi connectivity index (χ1n) is 21.8. The van der Waals surface area contributed by atoms with E-state index < -0.39 is 8.07 Å². The van der Waals surface area contributed by atoms with E-state index in [9.17, 15) is 0 Å². The summed E-state index contributed by atoms with van der Waals surface area (Å²) in [5.74, 6) is 0. The second-order valence-corrected chi connectivity index (χ2v) is 23.5. The number of hydrogen-bond donors (Lipinski definition) is 0. The maximum absolute atomic E-state index is 2.41. The first kappa shape index (κ1) is 38.7. The van der Waals surface area contributed by atoms with Crippen molar-refractivity contribution in [3.63, 3.8) is 0 Å². The first-order chi connectivity index (χ1) is 30.9. The Morgan fingerprint density at radius 1 is 0.349 bits per heavy atom. The highest BCUT2D eigenvalue weighted by atomic mass is 32.1. The van der Waals surface area contributed by atoms with Crippen LogP contribution >= 0.6 is 11.3 Å². The minimum absolute atomic E-state index is 1.11. The lowest BCUT2D eigenvalue weighted by Gasteiger charge is -2.28. The molecule has 0 amide bonds. The lowest BCUT2D eigenvalue weighted by Crippen LogP contribution is -2.37. The summed E-state index contributed by atoms with van der Waals surface area (Å²) in [6.07, 6.45) is 0. The third-order valence-electron chi connectivity index (χ3n) is 12.4. The lowest BCUT2D eigenvalue weighted by molar-refractivity contribution is 1.28. The second kappa shape index (κ2) is 15.9. The van der Waals surface area contributed by atoms with Crippen LogP contribution in [-0.2, 0) is 0 Å². The molecule has 302 valence electrons. The zero-order valence-electron chi connectivity index (χ0n) is 35.7. The van der Waals surface area contributed by atoms with Crippen molar-refractivity contribution < 1.29 is 0 Å². The molecule has 1 heterocycles. The van der Waals surface area contributed by atoms with Gasteiger partial charge in [0.15, 0.2) is 0 Å². The van der Waals surface area contributed by atoms with E-state index in [0.717, 1.165) is 28.4 Å². The van der Waals surface area contributed by atoms with Gasteiger partial charge < -0.3 is 9.80 Å². The van der Waals surface area contributed by atoms with E-state index in [2.05, 4.69) is 254 Å². The van der Waals surface area contributed by atoms with Crippen LogP contribution in [0.4, 0.5) is 34.1 Å². The van der Waals surface area contributed by atoms with Crippen LogP contribution in [0.5, 0.6) is 0 Å². The van der Waals surface area contributed by atoms with Crippen molar-refractivity contribution in [2.24, 2.45) is 0 Å². The third-order valence-corrected chi connectivity index (χ3v) is 15.6. The summed E-state index contributed by atoms with van der Waals surface area (Å²) < 4.78 is 2.62. The van der Waals surface area contributed by atoms with Gasteiger partial charge in [-0.15, -0.1) is 11.3 Å². The fraction of sp³-hybridized carbons (Fsp3) is 0.0508. The van der Waals surface area contributed by atoms with Gasteiger partial charge in [0, 0.05) is 59.6 Å². The van der Waals surface area contributed by atoms with E-state index in [1.54, 1.807) is 0 Å². The average Bonchev–Trinajstić information content (AvgIpc) is 3.72. The number of fused-ring (bicyclic) bond motifs is 8. The number of para-hydroxylation sites is 3. The molecule has 0 N–H and O–H groups in total. The van der Waals surface area contributed by atoms with E-state index in [0.29, 0.717) is 0 Å². The van der Waals surface area contributed by atoms with Crippen molar-refractivity contribution in [3.8, 4) is 22.3 Å². The molecule has 0 radical (unpaired) electrons. The Morgan fingerprint density at radius 3 is 1.57 bits per heavy atom. The fourth-order valence-electron chi connectivity index (χ4n) is 9.23. The second-order valence-electron chi connectivity index (χ2n) is 17.4. The molecule has 0 atom stereocenters. The van der Waals surface area contributed by atoms with Crippen LogP contribution in [0.2, 0.25) is 19.6 Å². The quantitative estimate of drug-likeness (QED) is 0.106. The van der Waals surface area contributed by atoms with Gasteiger partial charge in [0.05, 0.1) is 13.8 Å². The number of thiophene rings is 1. The van der Waals surface area contributed by atoms with E-state index in [4.69, 9.17) is 0 Å². The predicted octanol–water partition coefficient (Wildman–Crippen LogP) is 17.2. The summed E-state index contributed by atoms with van der Waals surface area (Å²) in [6, 6.07) is 82.2. The largest absolute Gasteiger partial charge is 0.310 e. The van der Waals surface area contributed by atoms with Gasteiger partial charge in [-0.25, -0.2) is 0 Å². The zero-order chi connectivity index (χ0) is 42.5. The van der Waals surface area contributed by atoms with Gasteiger partial charge in [-0.05, 0) is 106 Å². The van der Waals surface area contributed by atoms with Gasteiger partial charge in [0.25, 0.3) is 0 Å². The highest BCUT2D eigenvalue weighted by Crippen LogP contribution is 2.47. The summed E-state index contributed by atoms with van der Waals surface area (Å²) >= 11 is 1.91. The Morgan fingerprint density at radius 2 is 0.873 bits per heavy atom. The SMILES string of the molecule is C[Si](C)(C)c1ccc(N(c2ccccc2)c2ccc3c(c2)sc2c4ccc(-c5ccc(N(c6ccccc6)c6ccccc6-c6ccccc6)cc5)cc4c4ccccc4c32)cc1. The molecule has 0 aliphatic rings. The molecule has 0 bridgehead atoms. The van der Waals surface area contributed by atoms with Crippen LogP contribution in [0.25, 0.3) is 64.0 Å². The maximum Gasteiger partial charge on any atom is 0.0775 e. The lowest BCUT2D eigenvalue weighted by atomic mass is 9.94. The van der Waals surface area contributed by atoms with Crippen molar-refractivity contribution in [1.29, 1.82) is 0 Å². The van der Waals surface area contributed by atoms with Gasteiger partial charge in [-0.2, -0.15) is 0 Å². The zero-order valence-corrected chi connectivity index (χ0v) is 37.5. The first-order valence-corrected chi connectivity index (χ1v) is 26.1. The predicted molar refractivity (Wildman–Crippen MR) is 278 cm³/mol. The molecule has 11 rings (SSSR count). The van der Waals surface area contributed by atoms with E-state index in [1.807, 2.05) is 11.3 Å². The van der Waals surface area contributed by atoms with E-state index >= 15 is 0 Å². The molecule has 0 aliphatic carbocycles. The molecule has 63 heavy (non-hydrogen) atoms. The van der Waals surface area contributed by atoms with E-state index in [-0.39, 0.29) is 0 Å². The molecule has 2 nitrogen and oxygen atoms in total. The molecule has 11 aromatic rings. The number of nitrogens with zero attached hydrogens (tertiary/aromatic N) is 2. The Hall–Kier alpha value is -7.24. The maximum atomic E-state index is 2.41. The third kappa shape index (κ3) is 7.08. The van der Waals surface area contributed by atoms with Crippen LogP contribution in [0.1, 0.15) is 0 Å². The minimum atomic E-state index is -1.43. The molecular formula is C59H46N2SSi. The van der Waals surface area contributed by atoms with Crippen molar-refractivity contribution in [1.82, 2.24) is 0 Å². The molecule has 0 saturated heterocycles. The molecular weight excluding hydrogens is 797 g/mol. The summed E-state index contributed by atoms with van der Waals surface area (Å²) in [5.41, 5.74) is 11.6. The van der Waals surface area contributed by atoms with Crippen LogP contribution in [0, 0.1) is 0 Å². The molecule has 1 aromatic heterocycles. The number of rotatable bonds is 9. The minimum Gasteiger partial charge on any atom is -0.310 e. The normalized spacial score (nSPS) is 11.7. The van der Waals surface area contributed by atoms with Crippen LogP contribution < -0.4 is 15.0 Å². The van der Waals surface area contributed by atoms with Crippen LogP contribution in [-0.4, -0.2) is 8.07 Å². The topological polar surface area (TPSA) is 6.48 Å². The van der Waals surface area contributed by atoms with Gasteiger partial charge >= 0.3 is 0 Å². The highest BCUT2D eigenvalue weighted by Gasteiger charge is 2.21. The highest BCUT2D eigenvalue weighted by molar-refractivity contribution is 7.27. The number of anilines is 6. The van der Waals surface area contributed by atoms with Crippen LogP contribution in [0.3, 0.4) is 0 Å². The van der Waals surface area contributed by atoms with Gasteiger partial charge in [-0.3, -0.25) is 0 Å².